The van der Waals surface area contributed by atoms with Gasteiger partial charge in [0.25, 0.3) is 0 Å². The highest BCUT2D eigenvalue weighted by atomic mass is 16.5. The number of carbonyl (C=O) groups is 1. The number of benzene rings is 1. The second kappa shape index (κ2) is 12.5. The van der Waals surface area contributed by atoms with Crippen LogP contribution in [-0.2, 0) is 4.79 Å². The number of allylic oxidation sites excluding steroid dienone is 1. The van der Waals surface area contributed by atoms with E-state index in [9.17, 15) is 20.1 Å². The molecule has 4 unspecified atom stereocenters. The summed E-state index contributed by atoms with van der Waals surface area (Å²) in [5.41, 5.74) is 6.56. The molecular formula is C20H31NO6. The van der Waals surface area contributed by atoms with Crippen molar-refractivity contribution in [1.29, 1.82) is 0 Å². The number of unbranched alkanes of at least 4 members (excludes halogenated alkanes) is 3. The van der Waals surface area contributed by atoms with Gasteiger partial charge >= 0.3 is 5.97 Å². The van der Waals surface area contributed by atoms with Gasteiger partial charge in [-0.15, -0.1) is 0 Å². The molecule has 0 saturated carbocycles. The van der Waals surface area contributed by atoms with Gasteiger partial charge in [0.1, 0.15) is 5.75 Å². The summed E-state index contributed by atoms with van der Waals surface area (Å²) >= 11 is 0. The van der Waals surface area contributed by atoms with Crippen molar-refractivity contribution < 1.29 is 30.0 Å². The van der Waals surface area contributed by atoms with Crippen LogP contribution in [0, 0.1) is 0 Å². The minimum absolute atomic E-state index is 0.295. The number of ether oxygens (including phenoxy) is 1. The number of aliphatic carboxylic acids is 1. The van der Waals surface area contributed by atoms with Crippen LogP contribution in [0.25, 0.3) is 6.08 Å². The molecule has 0 radical (unpaired) electrons. The molecule has 0 bridgehead atoms. The van der Waals surface area contributed by atoms with Gasteiger partial charge in [-0.3, -0.25) is 0 Å². The highest BCUT2D eigenvalue weighted by Crippen LogP contribution is 2.15. The molecule has 4 atom stereocenters. The number of hydrogen-bond donors (Lipinski definition) is 5. The highest BCUT2D eigenvalue weighted by Gasteiger charge is 2.32. The van der Waals surface area contributed by atoms with Crippen molar-refractivity contribution in [3.8, 4) is 5.75 Å². The number of hydrogen-bond acceptors (Lipinski definition) is 6. The Morgan fingerprint density at radius 2 is 1.81 bits per heavy atom. The van der Waals surface area contributed by atoms with E-state index in [4.69, 9.17) is 15.6 Å². The third kappa shape index (κ3) is 8.53. The van der Waals surface area contributed by atoms with Gasteiger partial charge in [-0.2, -0.15) is 0 Å². The molecule has 0 amide bonds. The van der Waals surface area contributed by atoms with Crippen LogP contribution < -0.4 is 10.5 Å². The fourth-order valence-corrected chi connectivity index (χ4v) is 2.63. The predicted molar refractivity (Wildman–Crippen MR) is 103 cm³/mol. The van der Waals surface area contributed by atoms with Crippen LogP contribution in [-0.4, -0.2) is 57.4 Å². The lowest BCUT2D eigenvalue weighted by Gasteiger charge is -2.25. The van der Waals surface area contributed by atoms with Crippen LogP contribution in [0.1, 0.15) is 44.6 Å². The third-order valence-electron chi connectivity index (χ3n) is 4.28. The average molecular weight is 381 g/mol. The minimum Gasteiger partial charge on any atom is -0.494 e. The second-order valence-electron chi connectivity index (χ2n) is 6.46. The molecule has 0 saturated heterocycles. The first-order valence-corrected chi connectivity index (χ1v) is 9.28. The first-order valence-electron chi connectivity index (χ1n) is 9.28. The van der Waals surface area contributed by atoms with E-state index in [1.54, 1.807) is 0 Å². The lowest BCUT2D eigenvalue weighted by molar-refractivity contribution is -0.150. The van der Waals surface area contributed by atoms with E-state index >= 15 is 0 Å². The lowest BCUT2D eigenvalue weighted by atomic mass is 9.97. The molecule has 0 aromatic heterocycles. The lowest BCUT2D eigenvalue weighted by Crippen LogP contribution is -2.52. The molecule has 1 aromatic carbocycles. The Morgan fingerprint density at radius 3 is 2.41 bits per heavy atom. The van der Waals surface area contributed by atoms with Crippen molar-refractivity contribution in [3.63, 3.8) is 0 Å². The summed E-state index contributed by atoms with van der Waals surface area (Å²) in [6.07, 6.45) is 3.24. The van der Waals surface area contributed by atoms with Crippen molar-refractivity contribution in [2.75, 3.05) is 6.61 Å². The summed E-state index contributed by atoms with van der Waals surface area (Å²) in [6, 6.07) is 6.43. The molecule has 7 heteroatoms. The number of aliphatic hydroxyl groups is 3. The molecule has 0 aliphatic heterocycles. The van der Waals surface area contributed by atoms with Gasteiger partial charge in [0.05, 0.1) is 24.9 Å². The van der Waals surface area contributed by atoms with Gasteiger partial charge in [-0.1, -0.05) is 37.1 Å². The van der Waals surface area contributed by atoms with Crippen molar-refractivity contribution in [1.82, 2.24) is 0 Å². The Kier molecular flexibility index (Phi) is 10.7. The van der Waals surface area contributed by atoms with Crippen molar-refractivity contribution in [2.45, 2.75) is 63.4 Å². The minimum atomic E-state index is -1.90. The molecule has 27 heavy (non-hydrogen) atoms. The van der Waals surface area contributed by atoms with Crippen LogP contribution in [0.15, 0.2) is 30.3 Å². The normalized spacial score (nSPS) is 16.0. The second-order valence-corrected chi connectivity index (χ2v) is 6.46. The smallest absolute Gasteiger partial charge is 0.334 e. The topological polar surface area (TPSA) is 133 Å². The molecule has 0 aliphatic rings. The largest absolute Gasteiger partial charge is 0.494 e. The fourth-order valence-electron chi connectivity index (χ4n) is 2.63. The summed E-state index contributed by atoms with van der Waals surface area (Å²) in [6.45, 7) is 2.59. The number of carboxylic acid groups (broad SMARTS) is 1. The Balaban J connectivity index is 2.21. The molecule has 1 rings (SSSR count). The first kappa shape index (κ1) is 23.1. The average Bonchev–Trinajstić information content (AvgIpc) is 2.66. The number of carboxylic acids is 1. The van der Waals surface area contributed by atoms with Gasteiger partial charge in [-0.05, 0) is 43.9 Å². The highest BCUT2D eigenvalue weighted by molar-refractivity contribution is 5.73. The zero-order valence-corrected chi connectivity index (χ0v) is 15.7. The quantitative estimate of drug-likeness (QED) is 0.327. The van der Waals surface area contributed by atoms with Gasteiger partial charge in [-0.25, -0.2) is 4.79 Å². The number of aliphatic hydroxyl groups excluding tert-OH is 3. The van der Waals surface area contributed by atoms with Gasteiger partial charge in [0, 0.05) is 0 Å². The van der Waals surface area contributed by atoms with Crippen molar-refractivity contribution in [2.24, 2.45) is 5.73 Å². The Hall–Kier alpha value is -1.93. The van der Waals surface area contributed by atoms with Gasteiger partial charge in [0.2, 0.25) is 0 Å². The van der Waals surface area contributed by atoms with Crippen LogP contribution in [0.4, 0.5) is 0 Å². The van der Waals surface area contributed by atoms with E-state index in [0.29, 0.717) is 19.4 Å². The summed E-state index contributed by atoms with van der Waals surface area (Å²) in [4.78, 5) is 10.6. The van der Waals surface area contributed by atoms with Crippen LogP contribution in [0.2, 0.25) is 0 Å². The molecule has 0 aliphatic carbocycles. The zero-order valence-electron chi connectivity index (χ0n) is 15.7. The standard InChI is InChI=1S/C20H31NO6/c1-2-27-15-12-10-14(11-13-15)8-6-4-3-5-7-9-16(22)18(23)17(21)19(24)20(25)26/h6,8,10-13,16-19,22-24H,2-5,7,9,21H2,1H3,(H,25,26). The Bertz CT molecular complexity index is 574. The van der Waals surface area contributed by atoms with Crippen LogP contribution >= 0.6 is 0 Å². The van der Waals surface area contributed by atoms with E-state index in [-0.39, 0.29) is 0 Å². The first-order chi connectivity index (χ1) is 12.9. The monoisotopic (exact) mass is 381 g/mol. The maximum atomic E-state index is 10.6. The summed E-state index contributed by atoms with van der Waals surface area (Å²) < 4.78 is 5.39. The molecule has 0 fully saturated rings. The predicted octanol–water partition coefficient (Wildman–Crippen LogP) is 1.54. The molecule has 152 valence electrons. The van der Waals surface area contributed by atoms with Crippen molar-refractivity contribution in [3.05, 3.63) is 35.9 Å². The fraction of sp³-hybridized carbons (Fsp3) is 0.550. The third-order valence-corrected chi connectivity index (χ3v) is 4.28. The number of nitrogens with two attached hydrogens (primary N) is 1. The van der Waals surface area contributed by atoms with E-state index in [2.05, 4.69) is 6.08 Å². The molecule has 6 N–H and O–H groups in total. The summed E-state index contributed by atoms with van der Waals surface area (Å²) in [7, 11) is 0. The molecular weight excluding hydrogens is 350 g/mol. The Morgan fingerprint density at radius 1 is 1.15 bits per heavy atom. The Labute approximate surface area is 160 Å². The zero-order chi connectivity index (χ0) is 20.2. The molecule has 0 spiro atoms. The van der Waals surface area contributed by atoms with Gasteiger partial charge < -0.3 is 30.9 Å². The van der Waals surface area contributed by atoms with Crippen LogP contribution in [0.5, 0.6) is 5.75 Å². The molecule has 1 aromatic rings. The van der Waals surface area contributed by atoms with E-state index in [1.165, 1.54) is 0 Å². The summed E-state index contributed by atoms with van der Waals surface area (Å²) in [5.74, 6) is -0.668. The van der Waals surface area contributed by atoms with Gasteiger partial charge in [0.15, 0.2) is 6.10 Å². The molecule has 7 nitrogen and oxygen atoms in total. The maximum Gasteiger partial charge on any atom is 0.334 e. The van der Waals surface area contributed by atoms with E-state index < -0.39 is 30.3 Å². The molecule has 0 heterocycles. The van der Waals surface area contributed by atoms with E-state index in [0.717, 1.165) is 30.6 Å². The van der Waals surface area contributed by atoms with Crippen LogP contribution in [0.3, 0.4) is 0 Å². The maximum absolute atomic E-state index is 10.6. The SMILES string of the molecule is CCOc1ccc(C=CCCCCCC(O)C(O)C(N)C(O)C(=O)O)cc1. The van der Waals surface area contributed by atoms with Crippen molar-refractivity contribution >= 4 is 12.0 Å². The van der Waals surface area contributed by atoms with E-state index in [1.807, 2.05) is 37.3 Å². The summed E-state index contributed by atoms with van der Waals surface area (Å²) in [5, 5.41) is 37.7. The number of rotatable bonds is 13.